The maximum Gasteiger partial charge on any atom is 0.328 e. The predicted molar refractivity (Wildman–Crippen MR) is 94.9 cm³/mol. The highest BCUT2D eigenvalue weighted by atomic mass is 19.1. The lowest BCUT2D eigenvalue weighted by atomic mass is 10.1. The van der Waals surface area contributed by atoms with Crippen LogP contribution < -0.4 is 10.2 Å². The highest BCUT2D eigenvalue weighted by Gasteiger charge is 2.25. The molecular weight excluding hydrogens is 343 g/mol. The molecule has 3 N–H and O–H groups in total. The van der Waals surface area contributed by atoms with Crippen molar-refractivity contribution in [3.8, 4) is 0 Å². The van der Waals surface area contributed by atoms with Crippen molar-refractivity contribution in [2.24, 2.45) is 0 Å². The molecule has 0 amide bonds. The van der Waals surface area contributed by atoms with Gasteiger partial charge in [0.25, 0.3) is 0 Å². The minimum atomic E-state index is -1.26. The topological polar surface area (TPSA) is 103 Å². The number of carboxylic acids is 2. The normalized spacial score (nSPS) is 20.0. The van der Waals surface area contributed by atoms with Gasteiger partial charge in [-0.25, -0.2) is 14.0 Å². The Morgan fingerprint density at radius 3 is 2.54 bits per heavy atom. The Hall–Kier alpha value is -2.87. The molecule has 3 rings (SSSR count). The van der Waals surface area contributed by atoms with Gasteiger partial charge in [0.05, 0.1) is 12.0 Å². The fourth-order valence-corrected chi connectivity index (χ4v) is 2.74. The quantitative estimate of drug-likeness (QED) is 0.719. The molecule has 1 aromatic heterocycles. The van der Waals surface area contributed by atoms with E-state index in [1.165, 1.54) is 6.07 Å². The molecule has 2 aromatic rings. The molecule has 1 saturated heterocycles. The lowest BCUT2D eigenvalue weighted by molar-refractivity contribution is -0.134. The molecule has 8 heteroatoms. The molecule has 2 atom stereocenters. The summed E-state index contributed by atoms with van der Waals surface area (Å²) in [7, 11) is 0. The maximum absolute atomic E-state index is 13.7. The van der Waals surface area contributed by atoms with Crippen molar-refractivity contribution in [2.45, 2.75) is 25.9 Å². The van der Waals surface area contributed by atoms with Crippen LogP contribution in [0.15, 0.2) is 41.0 Å². The Morgan fingerprint density at radius 2 is 1.92 bits per heavy atom. The van der Waals surface area contributed by atoms with Gasteiger partial charge in [-0.3, -0.25) is 0 Å². The van der Waals surface area contributed by atoms with Crippen molar-refractivity contribution in [2.75, 3.05) is 18.0 Å². The third-order valence-corrected chi connectivity index (χ3v) is 3.94. The molecule has 0 saturated carbocycles. The third kappa shape index (κ3) is 5.06. The molecule has 0 radical (unpaired) electrons. The van der Waals surface area contributed by atoms with Crippen LogP contribution in [0.4, 0.5) is 10.1 Å². The Kier molecular flexibility index (Phi) is 6.35. The van der Waals surface area contributed by atoms with E-state index in [1.807, 2.05) is 0 Å². The largest absolute Gasteiger partial charge is 0.478 e. The first kappa shape index (κ1) is 19.5. The first-order chi connectivity index (χ1) is 12.3. The van der Waals surface area contributed by atoms with Gasteiger partial charge in [-0.1, -0.05) is 0 Å². The number of carbonyl (C=O) groups is 2. The van der Waals surface area contributed by atoms with E-state index >= 15 is 0 Å². The van der Waals surface area contributed by atoms with Crippen LogP contribution in [-0.4, -0.2) is 47.3 Å². The van der Waals surface area contributed by atoms with Gasteiger partial charge in [-0.2, -0.15) is 0 Å². The summed E-state index contributed by atoms with van der Waals surface area (Å²) in [6.07, 6.45) is 2.73. The lowest BCUT2D eigenvalue weighted by Crippen LogP contribution is -2.54. The molecule has 1 fully saturated rings. The molecule has 140 valence electrons. The first-order valence-electron chi connectivity index (χ1n) is 8.08. The summed E-state index contributed by atoms with van der Waals surface area (Å²) in [4.78, 5) is 21.3. The summed E-state index contributed by atoms with van der Waals surface area (Å²) >= 11 is 0. The Labute approximate surface area is 149 Å². The van der Waals surface area contributed by atoms with Crippen molar-refractivity contribution in [3.63, 3.8) is 0 Å². The number of benzene rings is 1. The fraction of sp³-hybridized carbons (Fsp3) is 0.333. The molecule has 2 heterocycles. The van der Waals surface area contributed by atoms with Crippen LogP contribution in [0.2, 0.25) is 0 Å². The van der Waals surface area contributed by atoms with Crippen LogP contribution in [0.1, 0.15) is 13.8 Å². The second kappa shape index (κ2) is 8.48. The van der Waals surface area contributed by atoms with Crippen LogP contribution in [-0.2, 0) is 9.59 Å². The smallest absolute Gasteiger partial charge is 0.328 e. The second-order valence-corrected chi connectivity index (χ2v) is 6.08. The van der Waals surface area contributed by atoms with Gasteiger partial charge in [0.1, 0.15) is 5.82 Å². The number of rotatable bonds is 3. The minimum Gasteiger partial charge on any atom is -0.478 e. The van der Waals surface area contributed by atoms with Gasteiger partial charge < -0.3 is 24.8 Å². The van der Waals surface area contributed by atoms with Crippen LogP contribution >= 0.6 is 0 Å². The van der Waals surface area contributed by atoms with Crippen LogP contribution in [0, 0.1) is 5.82 Å². The first-order valence-corrected chi connectivity index (χ1v) is 8.08. The van der Waals surface area contributed by atoms with E-state index in [0.29, 0.717) is 24.2 Å². The maximum atomic E-state index is 13.7. The van der Waals surface area contributed by atoms with E-state index in [4.69, 9.17) is 14.6 Å². The average molecular weight is 364 g/mol. The van der Waals surface area contributed by atoms with E-state index in [0.717, 1.165) is 29.7 Å². The summed E-state index contributed by atoms with van der Waals surface area (Å²) in [6, 6.07) is 5.61. The second-order valence-electron chi connectivity index (χ2n) is 6.08. The number of hydrogen-bond acceptors (Lipinski definition) is 5. The number of furan rings is 1. The molecule has 0 unspecified atom stereocenters. The van der Waals surface area contributed by atoms with Gasteiger partial charge in [-0.15, -0.1) is 0 Å². The number of hydrogen-bond donors (Lipinski definition) is 3. The zero-order chi connectivity index (χ0) is 19.3. The zero-order valence-corrected chi connectivity index (χ0v) is 14.5. The standard InChI is InChI=1S/C14H17FN2O.C4H4O4/c1-9-8-17(10(2)7-16-9)13-6-12(15)5-11-3-4-18-14(11)13;5-3(6)1-2-4(7)8/h3-6,9-10,16H,7-8H2,1-2H3;1-2H,(H,5,6)(H,7,8)/b;2-1+/t9-,10-;/m1./s1. The van der Waals surface area contributed by atoms with Crippen molar-refractivity contribution >= 4 is 28.6 Å². The van der Waals surface area contributed by atoms with Gasteiger partial charge in [0.2, 0.25) is 0 Å². The van der Waals surface area contributed by atoms with Crippen molar-refractivity contribution in [3.05, 3.63) is 42.4 Å². The molecular formula is C18H21FN2O5. The summed E-state index contributed by atoms with van der Waals surface area (Å²) in [5.74, 6) is -2.72. The monoisotopic (exact) mass is 364 g/mol. The number of halogens is 1. The van der Waals surface area contributed by atoms with Crippen LogP contribution in [0.25, 0.3) is 11.0 Å². The molecule has 1 aromatic carbocycles. The molecule has 7 nitrogen and oxygen atoms in total. The van der Waals surface area contributed by atoms with Crippen molar-refractivity contribution in [1.82, 2.24) is 5.32 Å². The fourth-order valence-electron chi connectivity index (χ4n) is 2.74. The minimum absolute atomic E-state index is 0.211. The van der Waals surface area contributed by atoms with Crippen LogP contribution in [0.5, 0.6) is 0 Å². The van der Waals surface area contributed by atoms with Gasteiger partial charge in [-0.05, 0) is 26.0 Å². The summed E-state index contributed by atoms with van der Waals surface area (Å²) < 4.78 is 19.2. The zero-order valence-electron chi connectivity index (χ0n) is 14.5. The lowest BCUT2D eigenvalue weighted by Gasteiger charge is -2.39. The number of piperazine rings is 1. The molecule has 0 spiro atoms. The van der Waals surface area contributed by atoms with Gasteiger partial charge in [0, 0.05) is 48.8 Å². The Morgan fingerprint density at radius 1 is 1.27 bits per heavy atom. The SMILES string of the molecule is C[C@@H]1CN(c2cc(F)cc3ccoc23)[C@H](C)CN1.O=C(O)/C=C/C(=O)O. The number of fused-ring (bicyclic) bond motifs is 1. The number of nitrogens with one attached hydrogen (secondary N) is 1. The highest BCUT2D eigenvalue weighted by molar-refractivity contribution is 5.90. The van der Waals surface area contributed by atoms with E-state index in [9.17, 15) is 14.0 Å². The van der Waals surface area contributed by atoms with Gasteiger partial charge in [0.15, 0.2) is 5.58 Å². The number of carboxylic acid groups (broad SMARTS) is 2. The van der Waals surface area contributed by atoms with Crippen LogP contribution in [0.3, 0.4) is 0 Å². The highest BCUT2D eigenvalue weighted by Crippen LogP contribution is 2.31. The van der Waals surface area contributed by atoms with Gasteiger partial charge >= 0.3 is 11.9 Å². The molecule has 0 bridgehead atoms. The number of anilines is 1. The Bertz CT molecular complexity index is 801. The molecule has 1 aliphatic heterocycles. The van der Waals surface area contributed by atoms with Crippen molar-refractivity contribution < 1.29 is 28.6 Å². The molecule has 1 aliphatic rings. The molecule has 0 aliphatic carbocycles. The number of nitrogens with zero attached hydrogens (tertiary/aromatic N) is 1. The van der Waals surface area contributed by atoms with E-state index in [-0.39, 0.29) is 5.82 Å². The predicted octanol–water partition coefficient (Wildman–Crippen LogP) is 2.47. The van der Waals surface area contributed by atoms with E-state index in [1.54, 1.807) is 18.4 Å². The Balaban J connectivity index is 0.000000260. The van der Waals surface area contributed by atoms with Crippen molar-refractivity contribution in [1.29, 1.82) is 0 Å². The third-order valence-electron chi connectivity index (χ3n) is 3.94. The summed E-state index contributed by atoms with van der Waals surface area (Å²) in [5.41, 5.74) is 1.63. The molecule has 26 heavy (non-hydrogen) atoms. The summed E-state index contributed by atoms with van der Waals surface area (Å²) in [6.45, 7) is 6.04. The number of aliphatic carboxylic acids is 2. The van der Waals surface area contributed by atoms with E-state index < -0.39 is 11.9 Å². The average Bonchev–Trinajstić information content (AvgIpc) is 3.03. The van der Waals surface area contributed by atoms with E-state index in [2.05, 4.69) is 24.1 Å². The summed E-state index contributed by atoms with van der Waals surface area (Å²) in [5, 5.41) is 19.9.